The maximum atomic E-state index is 12.7. The summed E-state index contributed by atoms with van der Waals surface area (Å²) in [5, 5.41) is 0. The van der Waals surface area contributed by atoms with E-state index in [0.717, 1.165) is 16.8 Å². The average molecular weight is 282 g/mol. The van der Waals surface area contributed by atoms with Gasteiger partial charge in [0.05, 0.1) is 0 Å². The standard InChI is InChI=1S/C18H22N2O/c1-4-20(14-15-9-6-5-7-10-15)18(21)16-11-8-12-17(13-16)19(2)3/h5-13H,4,14H2,1-3H3. The molecule has 21 heavy (non-hydrogen) atoms. The van der Waals surface area contributed by atoms with Crippen molar-refractivity contribution in [3.8, 4) is 0 Å². The van der Waals surface area contributed by atoms with Gasteiger partial charge in [-0.25, -0.2) is 0 Å². The Morgan fingerprint density at radius 1 is 1.00 bits per heavy atom. The van der Waals surface area contributed by atoms with Gasteiger partial charge in [0.2, 0.25) is 0 Å². The summed E-state index contributed by atoms with van der Waals surface area (Å²) >= 11 is 0. The molecule has 0 aliphatic rings. The van der Waals surface area contributed by atoms with E-state index in [-0.39, 0.29) is 5.91 Å². The highest BCUT2D eigenvalue weighted by atomic mass is 16.2. The predicted octanol–water partition coefficient (Wildman–Crippen LogP) is 3.41. The third kappa shape index (κ3) is 3.85. The molecule has 3 heteroatoms. The van der Waals surface area contributed by atoms with E-state index in [1.165, 1.54) is 0 Å². The highest BCUT2D eigenvalue weighted by Gasteiger charge is 2.15. The van der Waals surface area contributed by atoms with Crippen molar-refractivity contribution < 1.29 is 4.79 Å². The van der Waals surface area contributed by atoms with Gasteiger partial charge in [-0.15, -0.1) is 0 Å². The van der Waals surface area contributed by atoms with Crippen LogP contribution < -0.4 is 4.90 Å². The van der Waals surface area contributed by atoms with Crippen LogP contribution in [-0.4, -0.2) is 31.4 Å². The van der Waals surface area contributed by atoms with Gasteiger partial charge in [-0.05, 0) is 30.7 Å². The van der Waals surface area contributed by atoms with Gasteiger partial charge in [-0.2, -0.15) is 0 Å². The third-order valence-electron chi connectivity index (χ3n) is 3.49. The molecule has 110 valence electrons. The normalized spacial score (nSPS) is 10.2. The van der Waals surface area contributed by atoms with E-state index in [2.05, 4.69) is 0 Å². The Balaban J connectivity index is 2.18. The highest BCUT2D eigenvalue weighted by molar-refractivity contribution is 5.95. The Hall–Kier alpha value is -2.29. The van der Waals surface area contributed by atoms with E-state index < -0.39 is 0 Å². The molecule has 0 N–H and O–H groups in total. The lowest BCUT2D eigenvalue weighted by atomic mass is 10.1. The summed E-state index contributed by atoms with van der Waals surface area (Å²) in [6, 6.07) is 17.8. The average Bonchev–Trinajstić information content (AvgIpc) is 2.53. The number of hydrogen-bond donors (Lipinski definition) is 0. The molecule has 0 unspecified atom stereocenters. The Morgan fingerprint density at radius 2 is 1.71 bits per heavy atom. The SMILES string of the molecule is CCN(Cc1ccccc1)C(=O)c1cccc(N(C)C)c1. The van der Waals surface area contributed by atoms with Crippen LogP contribution in [0.1, 0.15) is 22.8 Å². The molecule has 3 nitrogen and oxygen atoms in total. The Kier molecular flexibility index (Phi) is 4.99. The Labute approximate surface area is 126 Å². The second-order valence-electron chi connectivity index (χ2n) is 5.25. The minimum atomic E-state index is 0.0741. The lowest BCUT2D eigenvalue weighted by molar-refractivity contribution is 0.0752. The third-order valence-corrected chi connectivity index (χ3v) is 3.49. The van der Waals surface area contributed by atoms with Crippen LogP contribution in [0.15, 0.2) is 54.6 Å². The van der Waals surface area contributed by atoms with Crippen LogP contribution in [0.2, 0.25) is 0 Å². The van der Waals surface area contributed by atoms with Crippen LogP contribution in [0.25, 0.3) is 0 Å². The van der Waals surface area contributed by atoms with Crippen LogP contribution in [-0.2, 0) is 6.54 Å². The van der Waals surface area contributed by atoms with Crippen molar-refractivity contribution in [2.24, 2.45) is 0 Å². The van der Waals surface area contributed by atoms with Gasteiger partial charge < -0.3 is 9.80 Å². The van der Waals surface area contributed by atoms with E-state index in [1.807, 2.05) is 85.4 Å². The minimum Gasteiger partial charge on any atom is -0.378 e. The van der Waals surface area contributed by atoms with Crippen molar-refractivity contribution >= 4 is 11.6 Å². The lowest BCUT2D eigenvalue weighted by Crippen LogP contribution is -2.30. The van der Waals surface area contributed by atoms with Crippen LogP contribution in [0.5, 0.6) is 0 Å². The van der Waals surface area contributed by atoms with E-state index in [9.17, 15) is 4.79 Å². The van der Waals surface area contributed by atoms with Crippen LogP contribution in [0.3, 0.4) is 0 Å². The van der Waals surface area contributed by atoms with Gasteiger partial charge in [0.15, 0.2) is 0 Å². The summed E-state index contributed by atoms with van der Waals surface area (Å²) in [6.07, 6.45) is 0. The Morgan fingerprint density at radius 3 is 2.33 bits per heavy atom. The molecule has 0 bridgehead atoms. The van der Waals surface area contributed by atoms with E-state index in [4.69, 9.17) is 0 Å². The van der Waals surface area contributed by atoms with E-state index in [1.54, 1.807) is 0 Å². The fourth-order valence-corrected chi connectivity index (χ4v) is 2.23. The molecule has 2 rings (SSSR count). The van der Waals surface area contributed by atoms with Crippen LogP contribution in [0, 0.1) is 0 Å². The number of carbonyl (C=O) groups is 1. The largest absolute Gasteiger partial charge is 0.378 e. The van der Waals surface area contributed by atoms with Crippen molar-refractivity contribution in [1.29, 1.82) is 0 Å². The van der Waals surface area contributed by atoms with Crippen LogP contribution in [0.4, 0.5) is 5.69 Å². The number of benzene rings is 2. The van der Waals surface area contributed by atoms with Gasteiger partial charge in [-0.1, -0.05) is 36.4 Å². The first kappa shape index (κ1) is 15.1. The first-order chi connectivity index (χ1) is 10.1. The van der Waals surface area contributed by atoms with Gasteiger partial charge in [0, 0.05) is 38.4 Å². The van der Waals surface area contributed by atoms with Gasteiger partial charge >= 0.3 is 0 Å². The molecule has 0 spiro atoms. The molecular formula is C18H22N2O. The van der Waals surface area contributed by atoms with Crippen molar-refractivity contribution in [1.82, 2.24) is 4.90 Å². The quantitative estimate of drug-likeness (QED) is 0.839. The molecule has 0 atom stereocenters. The summed E-state index contributed by atoms with van der Waals surface area (Å²) in [5.41, 5.74) is 2.92. The molecule has 0 saturated heterocycles. The Bertz CT molecular complexity index is 593. The number of hydrogen-bond acceptors (Lipinski definition) is 2. The van der Waals surface area contributed by atoms with Gasteiger partial charge in [-0.3, -0.25) is 4.79 Å². The molecule has 0 fully saturated rings. The topological polar surface area (TPSA) is 23.6 Å². The molecule has 0 saturated carbocycles. The fourth-order valence-electron chi connectivity index (χ4n) is 2.23. The molecule has 0 radical (unpaired) electrons. The number of amides is 1. The summed E-state index contributed by atoms with van der Waals surface area (Å²) in [4.78, 5) is 16.5. The molecule has 2 aromatic rings. The highest BCUT2D eigenvalue weighted by Crippen LogP contribution is 2.16. The van der Waals surface area contributed by atoms with E-state index in [0.29, 0.717) is 13.1 Å². The predicted molar refractivity (Wildman–Crippen MR) is 87.6 cm³/mol. The zero-order chi connectivity index (χ0) is 15.2. The zero-order valence-corrected chi connectivity index (χ0v) is 12.9. The smallest absolute Gasteiger partial charge is 0.254 e. The van der Waals surface area contributed by atoms with Crippen molar-refractivity contribution in [2.75, 3.05) is 25.5 Å². The van der Waals surface area contributed by atoms with Crippen molar-refractivity contribution in [2.45, 2.75) is 13.5 Å². The first-order valence-electron chi connectivity index (χ1n) is 7.22. The maximum absolute atomic E-state index is 12.7. The summed E-state index contributed by atoms with van der Waals surface area (Å²) in [5.74, 6) is 0.0741. The van der Waals surface area contributed by atoms with Gasteiger partial charge in [0.1, 0.15) is 0 Å². The van der Waals surface area contributed by atoms with Crippen LogP contribution >= 0.6 is 0 Å². The van der Waals surface area contributed by atoms with E-state index >= 15 is 0 Å². The monoisotopic (exact) mass is 282 g/mol. The second-order valence-corrected chi connectivity index (χ2v) is 5.25. The van der Waals surface area contributed by atoms with Crippen molar-refractivity contribution in [3.05, 3.63) is 65.7 Å². The number of nitrogens with zero attached hydrogens (tertiary/aromatic N) is 2. The summed E-state index contributed by atoms with van der Waals surface area (Å²) < 4.78 is 0. The molecular weight excluding hydrogens is 260 g/mol. The number of carbonyl (C=O) groups excluding carboxylic acids is 1. The molecule has 0 heterocycles. The van der Waals surface area contributed by atoms with Crippen molar-refractivity contribution in [3.63, 3.8) is 0 Å². The molecule has 0 aliphatic heterocycles. The molecule has 0 aliphatic carbocycles. The summed E-state index contributed by atoms with van der Waals surface area (Å²) in [7, 11) is 3.95. The fraction of sp³-hybridized carbons (Fsp3) is 0.278. The molecule has 0 aromatic heterocycles. The maximum Gasteiger partial charge on any atom is 0.254 e. The lowest BCUT2D eigenvalue weighted by Gasteiger charge is -2.22. The minimum absolute atomic E-state index is 0.0741. The molecule has 1 amide bonds. The first-order valence-corrected chi connectivity index (χ1v) is 7.22. The van der Waals surface area contributed by atoms with Gasteiger partial charge in [0.25, 0.3) is 5.91 Å². The second kappa shape index (κ2) is 6.93. The molecule has 2 aromatic carbocycles. The zero-order valence-electron chi connectivity index (χ0n) is 12.9. The number of rotatable bonds is 5. The summed E-state index contributed by atoms with van der Waals surface area (Å²) in [6.45, 7) is 3.35. The number of anilines is 1.